The fourth-order valence-corrected chi connectivity index (χ4v) is 2.82. The van der Waals surface area contributed by atoms with E-state index >= 15 is 0 Å². The van der Waals surface area contributed by atoms with E-state index in [0.29, 0.717) is 10.6 Å². The molecule has 2 heterocycles. The molecule has 3 amide bonds. The third-order valence-corrected chi connectivity index (χ3v) is 3.64. The number of carbonyl (C=O) groups excluding carboxylic acids is 2. The number of nitrogens with zero attached hydrogens (tertiary/aromatic N) is 2. The topological polar surface area (TPSA) is 130 Å². The van der Waals surface area contributed by atoms with Gasteiger partial charge in [-0.25, -0.2) is 4.79 Å². The zero-order valence-electron chi connectivity index (χ0n) is 10.9. The van der Waals surface area contributed by atoms with Gasteiger partial charge in [-0.15, -0.1) is 4.28 Å². The van der Waals surface area contributed by atoms with Crippen LogP contribution in [0.2, 0.25) is 0 Å². The molecule has 0 saturated carbocycles. The van der Waals surface area contributed by atoms with Crippen LogP contribution in [0, 0.1) is 5.92 Å². The Hall–Kier alpha value is -0.650. The van der Waals surface area contributed by atoms with E-state index in [4.69, 9.17) is 10.3 Å². The maximum atomic E-state index is 12.1. The monoisotopic (exact) mass is 329 g/mol. The molecule has 9 nitrogen and oxygen atoms in total. The Morgan fingerprint density at radius 2 is 2.10 bits per heavy atom. The molecule has 0 aliphatic carbocycles. The summed E-state index contributed by atoms with van der Waals surface area (Å²) in [5, 5.41) is 0.560. The van der Waals surface area contributed by atoms with Crippen molar-refractivity contribution in [2.24, 2.45) is 11.7 Å². The Balaban J connectivity index is 0.00000220. The Morgan fingerprint density at radius 3 is 2.52 bits per heavy atom. The van der Waals surface area contributed by atoms with Crippen molar-refractivity contribution in [3.05, 3.63) is 11.6 Å². The fraction of sp³-hybridized carbons (Fsp3) is 0.600. The SMILES string of the molecule is CC(C)C1=CC(C(N)=O)N2CC1N(OS(=O)(=O)O)C2=O.[NaH]. The van der Waals surface area contributed by atoms with Crippen molar-refractivity contribution in [3.8, 4) is 0 Å². The molecule has 21 heavy (non-hydrogen) atoms. The molecule has 3 N–H and O–H groups in total. The molecule has 2 atom stereocenters. The predicted octanol–water partition coefficient (Wildman–Crippen LogP) is -1.37. The first-order valence-electron chi connectivity index (χ1n) is 5.89. The van der Waals surface area contributed by atoms with Crippen LogP contribution in [-0.2, 0) is 19.5 Å². The van der Waals surface area contributed by atoms with Gasteiger partial charge in [0.05, 0.1) is 6.54 Å². The van der Waals surface area contributed by atoms with E-state index < -0.39 is 34.4 Å². The summed E-state index contributed by atoms with van der Waals surface area (Å²) in [6.45, 7) is 3.73. The van der Waals surface area contributed by atoms with Crippen LogP contribution in [0.25, 0.3) is 0 Å². The van der Waals surface area contributed by atoms with Gasteiger partial charge in [-0.05, 0) is 11.5 Å². The molecule has 2 aliphatic rings. The molecule has 11 heteroatoms. The van der Waals surface area contributed by atoms with Crippen LogP contribution >= 0.6 is 0 Å². The molecule has 2 bridgehead atoms. The number of nitrogens with two attached hydrogens (primary N) is 1. The second kappa shape index (κ2) is 6.23. The Bertz CT molecular complexity index is 590. The number of urea groups is 1. The van der Waals surface area contributed by atoms with Gasteiger partial charge in [0.15, 0.2) is 0 Å². The molecular formula is C10H16N3NaO6S. The van der Waals surface area contributed by atoms with Crippen molar-refractivity contribution in [3.63, 3.8) is 0 Å². The summed E-state index contributed by atoms with van der Waals surface area (Å²) < 4.78 is 34.7. The zero-order chi connectivity index (χ0) is 15.2. The van der Waals surface area contributed by atoms with Crippen molar-refractivity contribution in [2.45, 2.75) is 25.9 Å². The summed E-state index contributed by atoms with van der Waals surface area (Å²) >= 11 is 0. The fourth-order valence-electron chi connectivity index (χ4n) is 2.45. The molecular weight excluding hydrogens is 313 g/mol. The molecule has 0 aromatic carbocycles. The normalized spacial score (nSPS) is 25.0. The molecule has 0 spiro atoms. The molecule has 2 unspecified atom stereocenters. The van der Waals surface area contributed by atoms with E-state index in [1.54, 1.807) is 0 Å². The first-order valence-corrected chi connectivity index (χ1v) is 7.26. The number of fused-ring (bicyclic) bond motifs is 2. The minimum absolute atomic E-state index is 0. The van der Waals surface area contributed by atoms with Crippen LogP contribution in [0.1, 0.15) is 13.8 Å². The molecule has 1 fully saturated rings. The summed E-state index contributed by atoms with van der Waals surface area (Å²) in [4.78, 5) is 24.6. The average molecular weight is 329 g/mol. The number of amides is 3. The van der Waals surface area contributed by atoms with Gasteiger partial charge in [0.2, 0.25) is 5.91 Å². The summed E-state index contributed by atoms with van der Waals surface area (Å²) in [6.07, 6.45) is 1.53. The number of hydrogen-bond acceptors (Lipinski definition) is 5. The van der Waals surface area contributed by atoms with E-state index in [1.165, 1.54) is 6.08 Å². The van der Waals surface area contributed by atoms with Gasteiger partial charge in [-0.2, -0.15) is 13.5 Å². The summed E-state index contributed by atoms with van der Waals surface area (Å²) in [5.74, 6) is -0.772. The van der Waals surface area contributed by atoms with Crippen molar-refractivity contribution in [1.29, 1.82) is 0 Å². The Morgan fingerprint density at radius 1 is 1.52 bits per heavy atom. The number of rotatable bonds is 4. The van der Waals surface area contributed by atoms with Crippen molar-refractivity contribution < 1.29 is 26.8 Å². The minimum atomic E-state index is -4.83. The third-order valence-electron chi connectivity index (χ3n) is 3.29. The van der Waals surface area contributed by atoms with Gasteiger partial charge in [0.25, 0.3) is 0 Å². The molecule has 2 rings (SSSR count). The molecule has 114 valence electrons. The molecule has 0 aromatic heterocycles. The second-order valence-electron chi connectivity index (χ2n) is 4.95. The quantitative estimate of drug-likeness (QED) is 0.372. The first-order chi connectivity index (χ1) is 9.11. The number of carbonyl (C=O) groups is 2. The van der Waals surface area contributed by atoms with Gasteiger partial charge in [0, 0.05) is 0 Å². The molecule has 0 aromatic rings. The molecule has 0 radical (unpaired) electrons. The van der Waals surface area contributed by atoms with Crippen molar-refractivity contribution in [2.75, 3.05) is 6.54 Å². The van der Waals surface area contributed by atoms with E-state index in [2.05, 4.69) is 4.28 Å². The first kappa shape index (κ1) is 18.4. The predicted molar refractivity (Wildman–Crippen MR) is 73.4 cm³/mol. The van der Waals surface area contributed by atoms with Crippen molar-refractivity contribution >= 4 is 51.9 Å². The average Bonchev–Trinajstić information content (AvgIpc) is 2.53. The second-order valence-corrected chi connectivity index (χ2v) is 5.95. The van der Waals surface area contributed by atoms with E-state index in [1.807, 2.05) is 13.8 Å². The number of hydrogen-bond donors (Lipinski definition) is 2. The molecule has 2 aliphatic heterocycles. The van der Waals surface area contributed by atoms with Crippen LogP contribution in [0.3, 0.4) is 0 Å². The van der Waals surface area contributed by atoms with Crippen LogP contribution in [-0.4, -0.2) is 83.1 Å². The van der Waals surface area contributed by atoms with Gasteiger partial charge >= 0.3 is 46.0 Å². The maximum absolute atomic E-state index is 12.1. The van der Waals surface area contributed by atoms with Gasteiger partial charge in [-0.3, -0.25) is 9.35 Å². The Kier molecular flexibility index (Phi) is 5.45. The third kappa shape index (κ3) is 3.58. The van der Waals surface area contributed by atoms with E-state index in [9.17, 15) is 18.0 Å². The van der Waals surface area contributed by atoms with Crippen molar-refractivity contribution in [1.82, 2.24) is 9.96 Å². The summed E-state index contributed by atoms with van der Waals surface area (Å²) in [5.41, 5.74) is 5.90. The Labute approximate surface area is 144 Å². The molecule has 1 saturated heterocycles. The summed E-state index contributed by atoms with van der Waals surface area (Å²) in [6, 6.07) is -2.46. The number of primary amides is 1. The van der Waals surface area contributed by atoms with E-state index in [0.717, 1.165) is 4.90 Å². The van der Waals surface area contributed by atoms with Crippen LogP contribution in [0.15, 0.2) is 11.6 Å². The van der Waals surface area contributed by atoms with E-state index in [-0.39, 0.29) is 42.0 Å². The zero-order valence-corrected chi connectivity index (χ0v) is 11.7. The van der Waals surface area contributed by atoms with Gasteiger partial charge < -0.3 is 10.6 Å². The van der Waals surface area contributed by atoms with Crippen LogP contribution in [0.4, 0.5) is 4.79 Å². The van der Waals surface area contributed by atoms with Crippen LogP contribution in [0.5, 0.6) is 0 Å². The number of hydroxylamine groups is 2. The summed E-state index contributed by atoms with van der Waals surface area (Å²) in [7, 11) is -4.83. The van der Waals surface area contributed by atoms with Gasteiger partial charge in [0.1, 0.15) is 12.1 Å². The van der Waals surface area contributed by atoms with Crippen LogP contribution < -0.4 is 5.73 Å². The standard InChI is InChI=1S/C10H15N3O6S.Na.H/c1-5(2)6-3-7(9(11)14)12-4-8(6)13(10(12)15)19-20(16,17)18;;/h3,5,7-8H,4H2,1-2H3,(H2,11,14)(H,16,17,18);;. The van der Waals surface area contributed by atoms with Gasteiger partial charge in [-0.1, -0.05) is 19.9 Å².